The topological polar surface area (TPSA) is 28.2 Å². The molecule has 1 N–H and O–H groups in total. The van der Waals surface area contributed by atoms with Gasteiger partial charge in [-0.1, -0.05) is 0 Å². The van der Waals surface area contributed by atoms with Crippen LogP contribution in [-0.4, -0.2) is 36.6 Å². The second-order valence-corrected chi connectivity index (χ2v) is 4.16. The summed E-state index contributed by atoms with van der Waals surface area (Å²) in [6.07, 6.45) is 2.47. The summed E-state index contributed by atoms with van der Waals surface area (Å²) in [5.41, 5.74) is 0. The fourth-order valence-electron chi connectivity index (χ4n) is 1.92. The highest BCUT2D eigenvalue weighted by Gasteiger charge is 2.18. The lowest BCUT2D eigenvalue weighted by atomic mass is 10.1. The Morgan fingerprint density at radius 2 is 2.47 bits per heavy atom. The Balaban J connectivity index is 1.80. The van der Waals surface area contributed by atoms with Crippen molar-refractivity contribution in [2.45, 2.75) is 6.42 Å². The minimum absolute atomic E-state index is 0.291. The van der Waals surface area contributed by atoms with Crippen molar-refractivity contribution >= 4 is 5.82 Å². The average Bonchev–Trinajstić information content (AvgIpc) is 2.64. The molecule has 1 fully saturated rings. The van der Waals surface area contributed by atoms with Gasteiger partial charge in [0.25, 0.3) is 0 Å². The second-order valence-electron chi connectivity index (χ2n) is 4.16. The molecular weight excluding hydrogens is 193 g/mol. The van der Waals surface area contributed by atoms with E-state index in [1.165, 1.54) is 25.2 Å². The Morgan fingerprint density at radius 3 is 3.07 bits per heavy atom. The molecule has 0 radical (unpaired) electrons. The van der Waals surface area contributed by atoms with Crippen molar-refractivity contribution < 1.29 is 4.39 Å². The zero-order valence-corrected chi connectivity index (χ0v) is 8.91. The third-order valence-electron chi connectivity index (χ3n) is 2.79. The monoisotopic (exact) mass is 209 g/mol. The Labute approximate surface area is 89.3 Å². The Morgan fingerprint density at radius 1 is 1.60 bits per heavy atom. The molecule has 0 aliphatic carbocycles. The molecule has 82 valence electrons. The average molecular weight is 209 g/mol. The fourth-order valence-corrected chi connectivity index (χ4v) is 1.92. The van der Waals surface area contributed by atoms with Crippen LogP contribution in [0.15, 0.2) is 18.3 Å². The van der Waals surface area contributed by atoms with E-state index in [1.54, 1.807) is 6.07 Å². The van der Waals surface area contributed by atoms with Gasteiger partial charge in [0, 0.05) is 13.1 Å². The van der Waals surface area contributed by atoms with Crippen LogP contribution in [0.3, 0.4) is 0 Å². The van der Waals surface area contributed by atoms with E-state index < -0.39 is 0 Å². The Hall–Kier alpha value is -1.16. The van der Waals surface area contributed by atoms with Crippen LogP contribution in [0.25, 0.3) is 0 Å². The molecule has 2 rings (SSSR count). The molecule has 1 unspecified atom stereocenters. The maximum Gasteiger partial charge on any atom is 0.141 e. The van der Waals surface area contributed by atoms with Gasteiger partial charge in [0.1, 0.15) is 11.6 Å². The minimum Gasteiger partial charge on any atom is -0.370 e. The third-order valence-corrected chi connectivity index (χ3v) is 2.79. The molecule has 2 heterocycles. The van der Waals surface area contributed by atoms with Crippen molar-refractivity contribution in [1.29, 1.82) is 0 Å². The molecule has 0 amide bonds. The number of likely N-dealkylation sites (tertiary alicyclic amines) is 1. The zero-order chi connectivity index (χ0) is 10.7. The molecule has 1 aromatic heterocycles. The summed E-state index contributed by atoms with van der Waals surface area (Å²) in [5.74, 6) is 1.15. The molecule has 1 aliphatic heterocycles. The molecular formula is C11H16FN3. The fraction of sp³-hybridized carbons (Fsp3) is 0.545. The minimum atomic E-state index is -0.291. The van der Waals surface area contributed by atoms with E-state index >= 15 is 0 Å². The van der Waals surface area contributed by atoms with Crippen LogP contribution in [0.2, 0.25) is 0 Å². The lowest BCUT2D eigenvalue weighted by molar-refractivity contribution is 0.399. The SMILES string of the molecule is CN1CCC(CNc2ccc(F)cn2)C1. The molecule has 3 nitrogen and oxygen atoms in total. The van der Waals surface area contributed by atoms with Gasteiger partial charge in [-0.25, -0.2) is 9.37 Å². The van der Waals surface area contributed by atoms with Gasteiger partial charge in [-0.2, -0.15) is 0 Å². The summed E-state index contributed by atoms with van der Waals surface area (Å²) < 4.78 is 12.6. The second kappa shape index (κ2) is 4.57. The molecule has 1 atom stereocenters. The van der Waals surface area contributed by atoms with Gasteiger partial charge in [-0.05, 0) is 38.1 Å². The van der Waals surface area contributed by atoms with Crippen molar-refractivity contribution in [2.75, 3.05) is 32.0 Å². The lowest BCUT2D eigenvalue weighted by Crippen LogP contribution is -2.19. The maximum absolute atomic E-state index is 12.6. The van der Waals surface area contributed by atoms with E-state index in [2.05, 4.69) is 22.2 Å². The number of nitrogens with zero attached hydrogens (tertiary/aromatic N) is 2. The summed E-state index contributed by atoms with van der Waals surface area (Å²) >= 11 is 0. The largest absolute Gasteiger partial charge is 0.370 e. The van der Waals surface area contributed by atoms with Crippen molar-refractivity contribution in [2.24, 2.45) is 5.92 Å². The Kier molecular flexibility index (Phi) is 3.16. The molecule has 15 heavy (non-hydrogen) atoms. The van der Waals surface area contributed by atoms with Gasteiger partial charge in [-0.15, -0.1) is 0 Å². The summed E-state index contributed by atoms with van der Waals surface area (Å²) in [7, 11) is 2.14. The number of pyridine rings is 1. The third kappa shape index (κ3) is 2.89. The van der Waals surface area contributed by atoms with Crippen LogP contribution in [0.1, 0.15) is 6.42 Å². The highest BCUT2D eigenvalue weighted by atomic mass is 19.1. The number of rotatable bonds is 3. The van der Waals surface area contributed by atoms with Gasteiger partial charge in [-0.3, -0.25) is 0 Å². The number of halogens is 1. The predicted molar refractivity (Wildman–Crippen MR) is 58.3 cm³/mol. The smallest absolute Gasteiger partial charge is 0.141 e. The van der Waals surface area contributed by atoms with E-state index in [9.17, 15) is 4.39 Å². The standard InChI is InChI=1S/C11H16FN3/c1-15-5-4-9(8-15)6-13-11-3-2-10(12)7-14-11/h2-3,7,9H,4-6,8H2,1H3,(H,13,14). The first kappa shape index (κ1) is 10.4. The van der Waals surface area contributed by atoms with E-state index in [0.717, 1.165) is 18.9 Å². The molecule has 4 heteroatoms. The summed E-state index contributed by atoms with van der Waals surface area (Å²) in [6.45, 7) is 3.22. The number of anilines is 1. The molecule has 0 aromatic carbocycles. The van der Waals surface area contributed by atoms with Crippen LogP contribution in [0.4, 0.5) is 10.2 Å². The van der Waals surface area contributed by atoms with Crippen LogP contribution < -0.4 is 5.32 Å². The van der Waals surface area contributed by atoms with Crippen LogP contribution >= 0.6 is 0 Å². The summed E-state index contributed by atoms with van der Waals surface area (Å²) in [6, 6.07) is 3.10. The van der Waals surface area contributed by atoms with Crippen molar-refractivity contribution in [3.63, 3.8) is 0 Å². The molecule has 1 aliphatic rings. The van der Waals surface area contributed by atoms with E-state index in [-0.39, 0.29) is 5.82 Å². The van der Waals surface area contributed by atoms with Gasteiger partial charge in [0.05, 0.1) is 6.20 Å². The van der Waals surface area contributed by atoms with Crippen LogP contribution in [0.5, 0.6) is 0 Å². The zero-order valence-electron chi connectivity index (χ0n) is 8.91. The molecule has 1 aromatic rings. The first-order chi connectivity index (χ1) is 7.24. The lowest BCUT2D eigenvalue weighted by Gasteiger charge is -2.11. The van der Waals surface area contributed by atoms with Crippen molar-refractivity contribution in [1.82, 2.24) is 9.88 Å². The maximum atomic E-state index is 12.6. The molecule has 0 spiro atoms. The normalized spacial score (nSPS) is 21.9. The van der Waals surface area contributed by atoms with Crippen molar-refractivity contribution in [3.05, 3.63) is 24.1 Å². The molecule has 0 saturated carbocycles. The Bertz CT molecular complexity index is 312. The molecule has 0 bridgehead atoms. The van der Waals surface area contributed by atoms with E-state index in [1.807, 2.05) is 0 Å². The quantitative estimate of drug-likeness (QED) is 0.819. The first-order valence-electron chi connectivity index (χ1n) is 5.28. The summed E-state index contributed by atoms with van der Waals surface area (Å²) in [5, 5.41) is 3.23. The predicted octanol–water partition coefficient (Wildman–Crippen LogP) is 1.58. The van der Waals surface area contributed by atoms with Crippen LogP contribution in [-0.2, 0) is 0 Å². The van der Waals surface area contributed by atoms with Gasteiger partial charge in [0.2, 0.25) is 0 Å². The van der Waals surface area contributed by atoms with Gasteiger partial charge < -0.3 is 10.2 Å². The first-order valence-corrected chi connectivity index (χ1v) is 5.28. The number of hydrogen-bond donors (Lipinski definition) is 1. The number of aromatic nitrogens is 1. The van der Waals surface area contributed by atoms with E-state index in [4.69, 9.17) is 0 Å². The van der Waals surface area contributed by atoms with Crippen LogP contribution in [0, 0.1) is 11.7 Å². The van der Waals surface area contributed by atoms with Gasteiger partial charge >= 0.3 is 0 Å². The summed E-state index contributed by atoms with van der Waals surface area (Å²) in [4.78, 5) is 6.28. The molecule has 1 saturated heterocycles. The number of nitrogens with one attached hydrogen (secondary N) is 1. The highest BCUT2D eigenvalue weighted by Crippen LogP contribution is 2.14. The van der Waals surface area contributed by atoms with Gasteiger partial charge in [0.15, 0.2) is 0 Å². The van der Waals surface area contributed by atoms with E-state index in [0.29, 0.717) is 5.92 Å². The highest BCUT2D eigenvalue weighted by molar-refractivity contribution is 5.33. The van der Waals surface area contributed by atoms with Crippen molar-refractivity contribution in [3.8, 4) is 0 Å². The number of hydrogen-bond acceptors (Lipinski definition) is 3.